The third kappa shape index (κ3) is 3.84. The molecular weight excluding hydrogens is 267 g/mol. The lowest BCUT2D eigenvalue weighted by Crippen LogP contribution is -2.11. The van der Waals surface area contributed by atoms with Gasteiger partial charge in [0.2, 0.25) is 0 Å². The Labute approximate surface area is 115 Å². The summed E-state index contributed by atoms with van der Waals surface area (Å²) in [4.78, 5) is 4.24. The van der Waals surface area contributed by atoms with Gasteiger partial charge in [-0.3, -0.25) is 0 Å². The molecule has 2 rings (SSSR count). The first-order valence-corrected chi connectivity index (χ1v) is 6.37. The SMILES string of the molecule is NCCCn1ccnc1-c1ccc(CC(F)(F)F)cc1. The first kappa shape index (κ1) is 14.6. The maximum absolute atomic E-state index is 12.3. The molecule has 0 aliphatic heterocycles. The number of hydrogen-bond acceptors (Lipinski definition) is 2. The van der Waals surface area contributed by atoms with Gasteiger partial charge < -0.3 is 10.3 Å². The van der Waals surface area contributed by atoms with Gasteiger partial charge in [0.25, 0.3) is 0 Å². The zero-order valence-electron chi connectivity index (χ0n) is 10.9. The quantitative estimate of drug-likeness (QED) is 0.916. The summed E-state index contributed by atoms with van der Waals surface area (Å²) in [5.74, 6) is 0.747. The highest BCUT2D eigenvalue weighted by molar-refractivity contribution is 5.56. The van der Waals surface area contributed by atoms with Gasteiger partial charge in [0, 0.05) is 24.5 Å². The number of aryl methyl sites for hydroxylation is 1. The van der Waals surface area contributed by atoms with Gasteiger partial charge in [-0.25, -0.2) is 4.98 Å². The van der Waals surface area contributed by atoms with Gasteiger partial charge in [-0.05, 0) is 18.5 Å². The number of aromatic nitrogens is 2. The molecule has 0 aliphatic rings. The van der Waals surface area contributed by atoms with Gasteiger partial charge >= 0.3 is 6.18 Å². The van der Waals surface area contributed by atoms with E-state index in [-0.39, 0.29) is 5.56 Å². The molecule has 0 unspecified atom stereocenters. The first-order chi connectivity index (χ1) is 9.49. The summed E-state index contributed by atoms with van der Waals surface area (Å²) in [6.45, 7) is 1.33. The van der Waals surface area contributed by atoms with Crippen molar-refractivity contribution in [1.29, 1.82) is 0 Å². The zero-order chi connectivity index (χ0) is 14.6. The maximum Gasteiger partial charge on any atom is 0.393 e. The Kier molecular flexibility index (Phi) is 4.44. The normalized spacial score (nSPS) is 11.8. The Balaban J connectivity index is 2.16. The van der Waals surface area contributed by atoms with Crippen LogP contribution in [0.3, 0.4) is 0 Å². The summed E-state index contributed by atoms with van der Waals surface area (Å²) in [6.07, 6.45) is -0.740. The molecule has 6 heteroatoms. The Morgan fingerprint density at radius 2 is 1.85 bits per heavy atom. The molecule has 0 saturated heterocycles. The Hall–Kier alpha value is -1.82. The lowest BCUT2D eigenvalue weighted by Gasteiger charge is -2.09. The smallest absolute Gasteiger partial charge is 0.331 e. The Morgan fingerprint density at radius 1 is 1.15 bits per heavy atom. The van der Waals surface area contributed by atoms with Crippen LogP contribution in [0.5, 0.6) is 0 Å². The van der Waals surface area contributed by atoms with Gasteiger partial charge in [-0.2, -0.15) is 13.2 Å². The van der Waals surface area contributed by atoms with Crippen LogP contribution in [-0.2, 0) is 13.0 Å². The lowest BCUT2D eigenvalue weighted by molar-refractivity contribution is -0.127. The van der Waals surface area contributed by atoms with Crippen molar-refractivity contribution in [2.75, 3.05) is 6.54 Å². The fraction of sp³-hybridized carbons (Fsp3) is 0.357. The van der Waals surface area contributed by atoms with E-state index >= 15 is 0 Å². The number of rotatable bonds is 5. The second-order valence-corrected chi connectivity index (χ2v) is 4.58. The van der Waals surface area contributed by atoms with Crippen molar-refractivity contribution >= 4 is 0 Å². The summed E-state index contributed by atoms with van der Waals surface area (Å²) >= 11 is 0. The van der Waals surface area contributed by atoms with Crippen molar-refractivity contribution < 1.29 is 13.2 Å². The molecule has 0 amide bonds. The molecule has 0 spiro atoms. The van der Waals surface area contributed by atoms with Crippen molar-refractivity contribution in [2.24, 2.45) is 5.73 Å². The van der Waals surface area contributed by atoms with Gasteiger partial charge in [0.15, 0.2) is 0 Å². The van der Waals surface area contributed by atoms with Crippen LogP contribution >= 0.6 is 0 Å². The van der Waals surface area contributed by atoms with Gasteiger partial charge in [-0.15, -0.1) is 0 Å². The topological polar surface area (TPSA) is 43.8 Å². The number of hydrogen-bond donors (Lipinski definition) is 1. The van der Waals surface area contributed by atoms with Crippen molar-refractivity contribution in [3.63, 3.8) is 0 Å². The first-order valence-electron chi connectivity index (χ1n) is 6.37. The summed E-state index contributed by atoms with van der Waals surface area (Å²) in [5.41, 5.74) is 6.53. The predicted octanol–water partition coefficient (Wildman–Crippen LogP) is 3.00. The van der Waals surface area contributed by atoms with Crippen LogP contribution in [0, 0.1) is 0 Å². The summed E-state index contributed by atoms with van der Waals surface area (Å²) in [7, 11) is 0. The third-order valence-electron chi connectivity index (χ3n) is 2.94. The molecule has 1 heterocycles. The number of halogens is 3. The molecule has 1 aromatic heterocycles. The molecule has 0 aliphatic carbocycles. The minimum absolute atomic E-state index is 0.251. The van der Waals surface area contributed by atoms with Crippen LogP contribution < -0.4 is 5.73 Å². The third-order valence-corrected chi connectivity index (χ3v) is 2.94. The van der Waals surface area contributed by atoms with Gasteiger partial charge in [-0.1, -0.05) is 24.3 Å². The van der Waals surface area contributed by atoms with Crippen LogP contribution in [0.15, 0.2) is 36.7 Å². The average molecular weight is 283 g/mol. The molecule has 0 atom stereocenters. The van der Waals surface area contributed by atoms with Crippen LogP contribution in [0.1, 0.15) is 12.0 Å². The van der Waals surface area contributed by atoms with Crippen LogP contribution in [-0.4, -0.2) is 22.3 Å². The second-order valence-electron chi connectivity index (χ2n) is 4.58. The van der Waals surface area contributed by atoms with E-state index in [9.17, 15) is 13.2 Å². The van der Waals surface area contributed by atoms with Crippen LogP contribution in [0.25, 0.3) is 11.4 Å². The summed E-state index contributed by atoms with van der Waals surface area (Å²) in [5, 5.41) is 0. The molecular formula is C14H16F3N3. The second kappa shape index (κ2) is 6.09. The lowest BCUT2D eigenvalue weighted by atomic mass is 10.1. The van der Waals surface area contributed by atoms with E-state index in [2.05, 4.69) is 4.98 Å². The van der Waals surface area contributed by atoms with Gasteiger partial charge in [0.1, 0.15) is 5.82 Å². The highest BCUT2D eigenvalue weighted by Crippen LogP contribution is 2.24. The molecule has 0 radical (unpaired) electrons. The number of alkyl halides is 3. The molecule has 3 nitrogen and oxygen atoms in total. The fourth-order valence-electron chi connectivity index (χ4n) is 2.01. The zero-order valence-corrected chi connectivity index (χ0v) is 10.9. The van der Waals surface area contributed by atoms with Crippen molar-refractivity contribution in [1.82, 2.24) is 9.55 Å². The Bertz CT molecular complexity index is 544. The van der Waals surface area contributed by atoms with E-state index in [0.717, 1.165) is 24.4 Å². The van der Waals surface area contributed by atoms with Crippen molar-refractivity contribution in [3.05, 3.63) is 42.2 Å². The molecule has 0 saturated carbocycles. The monoisotopic (exact) mass is 283 g/mol. The molecule has 0 bridgehead atoms. The minimum Gasteiger partial charge on any atom is -0.331 e. The van der Waals surface area contributed by atoms with E-state index < -0.39 is 12.6 Å². The number of benzene rings is 1. The van der Waals surface area contributed by atoms with E-state index in [1.807, 2.05) is 10.8 Å². The van der Waals surface area contributed by atoms with Crippen molar-refractivity contribution in [2.45, 2.75) is 25.6 Å². The van der Waals surface area contributed by atoms with E-state index in [4.69, 9.17) is 5.73 Å². The standard InChI is InChI=1S/C14H16F3N3/c15-14(16,17)10-11-2-4-12(5-3-11)13-19-7-9-20(13)8-1-6-18/h2-5,7,9H,1,6,8,10,18H2. The highest BCUT2D eigenvalue weighted by atomic mass is 19.4. The predicted molar refractivity (Wildman–Crippen MR) is 71.1 cm³/mol. The molecule has 2 N–H and O–H groups in total. The molecule has 2 aromatic rings. The minimum atomic E-state index is -4.18. The average Bonchev–Trinajstić information content (AvgIpc) is 2.83. The number of nitrogens with zero attached hydrogens (tertiary/aromatic N) is 2. The molecule has 0 fully saturated rings. The fourth-order valence-corrected chi connectivity index (χ4v) is 2.01. The Morgan fingerprint density at radius 3 is 2.45 bits per heavy atom. The van der Waals surface area contributed by atoms with Crippen molar-refractivity contribution in [3.8, 4) is 11.4 Å². The maximum atomic E-state index is 12.3. The summed E-state index contributed by atoms with van der Waals surface area (Å²) in [6, 6.07) is 6.32. The highest BCUT2D eigenvalue weighted by Gasteiger charge is 2.27. The molecule has 108 valence electrons. The largest absolute Gasteiger partial charge is 0.393 e. The molecule has 20 heavy (non-hydrogen) atoms. The summed E-state index contributed by atoms with van der Waals surface area (Å²) < 4.78 is 38.8. The number of imidazole rings is 1. The molecule has 1 aromatic carbocycles. The van der Waals surface area contributed by atoms with E-state index in [1.54, 1.807) is 18.3 Å². The van der Waals surface area contributed by atoms with E-state index in [0.29, 0.717) is 6.54 Å². The van der Waals surface area contributed by atoms with E-state index in [1.165, 1.54) is 12.1 Å². The van der Waals surface area contributed by atoms with Crippen LogP contribution in [0.4, 0.5) is 13.2 Å². The number of nitrogens with two attached hydrogens (primary N) is 1. The van der Waals surface area contributed by atoms with Gasteiger partial charge in [0.05, 0.1) is 6.42 Å². The van der Waals surface area contributed by atoms with Crippen LogP contribution in [0.2, 0.25) is 0 Å².